The number of benzene rings is 1. The molecule has 1 spiro atoms. The molecule has 168 valence electrons. The van der Waals surface area contributed by atoms with E-state index in [4.69, 9.17) is 4.74 Å². The van der Waals surface area contributed by atoms with Crippen LogP contribution in [0.25, 0.3) is 0 Å². The maximum Gasteiger partial charge on any atom is 0.310 e. The van der Waals surface area contributed by atoms with E-state index in [1.165, 1.54) is 0 Å². The van der Waals surface area contributed by atoms with E-state index in [-0.39, 0.29) is 36.2 Å². The third kappa shape index (κ3) is 3.44. The van der Waals surface area contributed by atoms with Gasteiger partial charge in [-0.05, 0) is 51.2 Å². The van der Waals surface area contributed by atoms with Gasteiger partial charge in [-0.25, -0.2) is 0 Å². The zero-order valence-electron chi connectivity index (χ0n) is 18.2. The van der Waals surface area contributed by atoms with Crippen molar-refractivity contribution in [3.05, 3.63) is 29.3 Å². The summed E-state index contributed by atoms with van der Waals surface area (Å²) < 4.78 is 4.68. The van der Waals surface area contributed by atoms with Gasteiger partial charge in [0.25, 0.3) is 0 Å². The minimum atomic E-state index is -0.676. The van der Waals surface area contributed by atoms with Crippen molar-refractivity contribution in [3.63, 3.8) is 0 Å². The second-order valence-corrected chi connectivity index (χ2v) is 10.3. The Labute approximate surface area is 186 Å². The van der Waals surface area contributed by atoms with Gasteiger partial charge in [-0.2, -0.15) is 0 Å². The number of esters is 1. The van der Waals surface area contributed by atoms with Gasteiger partial charge in [0.15, 0.2) is 0 Å². The first kappa shape index (κ1) is 22.1. The van der Waals surface area contributed by atoms with Crippen LogP contribution in [0.5, 0.6) is 0 Å². The number of thioether (sulfide) groups is 1. The molecule has 5 atom stereocenters. The Morgan fingerprint density at radius 3 is 2.68 bits per heavy atom. The summed E-state index contributed by atoms with van der Waals surface area (Å²) in [5, 5.41) is 12.5. The topological polar surface area (TPSA) is 95.9 Å². The van der Waals surface area contributed by atoms with Gasteiger partial charge in [-0.15, -0.1) is 11.8 Å². The highest BCUT2D eigenvalue weighted by Crippen LogP contribution is 2.66. The molecule has 1 aromatic carbocycles. The van der Waals surface area contributed by atoms with Crippen molar-refractivity contribution in [1.82, 2.24) is 4.90 Å². The molecule has 4 rings (SSSR count). The van der Waals surface area contributed by atoms with Gasteiger partial charge in [0, 0.05) is 24.1 Å². The molecule has 2 unspecified atom stereocenters. The normalized spacial score (nSPS) is 31.1. The monoisotopic (exact) mass is 446 g/mol. The second kappa shape index (κ2) is 8.47. The van der Waals surface area contributed by atoms with Crippen LogP contribution < -0.4 is 5.32 Å². The molecule has 3 fully saturated rings. The van der Waals surface area contributed by atoms with Gasteiger partial charge in [-0.3, -0.25) is 14.4 Å². The Morgan fingerprint density at radius 2 is 2.03 bits per heavy atom. The number of carbonyl (C=O) groups is 3. The molecule has 0 radical (unpaired) electrons. The standard InChI is InChI=1S/C23H30N2O5S/c1-4-30-22(29)16-15-9-10-23(31-15)17(16)21(28)25(11-6-12-26)19(23)20(27)24-18-13(2)7-5-8-14(18)3/h5,7-8,15-17,19,26H,4,6,9-12H2,1-3H3,(H,24,27)/t15-,16+,17+,19?,23?/m1/s1. The van der Waals surface area contributed by atoms with Crippen molar-refractivity contribution in [1.29, 1.82) is 0 Å². The molecule has 2 bridgehead atoms. The predicted molar refractivity (Wildman–Crippen MR) is 119 cm³/mol. The minimum absolute atomic E-state index is 0.00323. The van der Waals surface area contributed by atoms with Crippen molar-refractivity contribution >= 4 is 35.2 Å². The Hall–Kier alpha value is -2.06. The van der Waals surface area contributed by atoms with Crippen LogP contribution in [0.1, 0.15) is 37.3 Å². The van der Waals surface area contributed by atoms with E-state index in [1.807, 2.05) is 32.0 Å². The molecule has 3 aliphatic rings. The largest absolute Gasteiger partial charge is 0.466 e. The predicted octanol–water partition coefficient (Wildman–Crippen LogP) is 2.28. The first-order valence-electron chi connectivity index (χ1n) is 11.0. The van der Waals surface area contributed by atoms with E-state index in [1.54, 1.807) is 23.6 Å². The lowest BCUT2D eigenvalue weighted by Gasteiger charge is -2.34. The Morgan fingerprint density at radius 1 is 1.32 bits per heavy atom. The lowest BCUT2D eigenvalue weighted by atomic mass is 9.71. The third-order valence-corrected chi connectivity index (χ3v) is 8.85. The number of rotatable bonds is 7. The zero-order chi connectivity index (χ0) is 22.3. The number of amides is 2. The number of aliphatic hydroxyl groups is 1. The van der Waals surface area contributed by atoms with E-state index in [2.05, 4.69) is 5.32 Å². The number of ether oxygens (including phenoxy) is 1. The van der Waals surface area contributed by atoms with Gasteiger partial charge in [0.1, 0.15) is 6.04 Å². The van der Waals surface area contributed by atoms with Gasteiger partial charge in [0.05, 0.1) is 23.2 Å². The quantitative estimate of drug-likeness (QED) is 0.624. The molecule has 2 N–H and O–H groups in total. The van der Waals surface area contributed by atoms with Crippen LogP contribution in [0.4, 0.5) is 5.69 Å². The summed E-state index contributed by atoms with van der Waals surface area (Å²) in [5.74, 6) is -1.78. The molecule has 3 saturated heterocycles. The zero-order valence-corrected chi connectivity index (χ0v) is 19.0. The molecule has 0 aromatic heterocycles. The number of fused-ring (bicyclic) bond motifs is 1. The number of anilines is 1. The number of aryl methyl sites for hydroxylation is 2. The van der Waals surface area contributed by atoms with Crippen molar-refractivity contribution in [2.45, 2.75) is 56.1 Å². The molecular formula is C23H30N2O5S. The van der Waals surface area contributed by atoms with Crippen LogP contribution in [0.15, 0.2) is 18.2 Å². The average Bonchev–Trinajstić information content (AvgIpc) is 3.37. The highest BCUT2D eigenvalue weighted by Gasteiger charge is 2.73. The van der Waals surface area contributed by atoms with E-state index in [9.17, 15) is 19.5 Å². The van der Waals surface area contributed by atoms with Crippen LogP contribution in [-0.2, 0) is 19.1 Å². The molecule has 31 heavy (non-hydrogen) atoms. The Bertz CT molecular complexity index is 886. The summed E-state index contributed by atoms with van der Waals surface area (Å²) in [4.78, 5) is 41.6. The van der Waals surface area contributed by atoms with Crippen molar-refractivity contribution in [3.8, 4) is 0 Å². The van der Waals surface area contributed by atoms with Crippen molar-refractivity contribution < 1.29 is 24.2 Å². The molecular weight excluding hydrogens is 416 g/mol. The molecule has 8 heteroatoms. The SMILES string of the molecule is CCOC(=O)[C@@H]1[C@H]2C(=O)N(CCCO)C(C(=O)Nc3c(C)cccc3C)C23CC[C@H]1S3. The summed E-state index contributed by atoms with van der Waals surface area (Å²) in [6.45, 7) is 6.15. The number of para-hydroxylation sites is 1. The molecule has 0 aliphatic carbocycles. The summed E-state index contributed by atoms with van der Waals surface area (Å²) in [6.07, 6.45) is 1.90. The third-order valence-electron chi connectivity index (χ3n) is 6.89. The van der Waals surface area contributed by atoms with Gasteiger partial charge < -0.3 is 20.1 Å². The molecule has 3 aliphatic heterocycles. The smallest absolute Gasteiger partial charge is 0.310 e. The van der Waals surface area contributed by atoms with Crippen LogP contribution in [0, 0.1) is 25.7 Å². The van der Waals surface area contributed by atoms with Crippen LogP contribution in [0.3, 0.4) is 0 Å². The number of nitrogens with zero attached hydrogens (tertiary/aromatic N) is 1. The number of likely N-dealkylation sites (tertiary alicyclic amines) is 1. The Balaban J connectivity index is 1.70. The first-order valence-corrected chi connectivity index (χ1v) is 11.9. The lowest BCUT2D eigenvalue weighted by Crippen LogP contribution is -2.51. The molecule has 1 aromatic rings. The number of nitrogens with one attached hydrogen (secondary N) is 1. The fourth-order valence-corrected chi connectivity index (χ4v) is 7.85. The highest BCUT2D eigenvalue weighted by atomic mass is 32.2. The number of hydrogen-bond acceptors (Lipinski definition) is 6. The maximum absolute atomic E-state index is 13.7. The summed E-state index contributed by atoms with van der Waals surface area (Å²) >= 11 is 1.62. The highest BCUT2D eigenvalue weighted by molar-refractivity contribution is 8.02. The number of aliphatic hydroxyl groups excluding tert-OH is 1. The first-order chi connectivity index (χ1) is 14.9. The molecule has 7 nitrogen and oxygen atoms in total. The fraction of sp³-hybridized carbons (Fsp3) is 0.609. The number of hydrogen-bond donors (Lipinski definition) is 2. The van der Waals surface area contributed by atoms with Crippen molar-refractivity contribution in [2.24, 2.45) is 11.8 Å². The molecule has 2 amide bonds. The summed E-state index contributed by atoms with van der Waals surface area (Å²) in [6, 6.07) is 5.16. The van der Waals surface area contributed by atoms with Gasteiger partial charge in [-0.1, -0.05) is 18.2 Å². The van der Waals surface area contributed by atoms with E-state index >= 15 is 0 Å². The minimum Gasteiger partial charge on any atom is -0.466 e. The summed E-state index contributed by atoms with van der Waals surface area (Å²) in [5.41, 5.74) is 2.68. The Kier molecular flexibility index (Phi) is 6.05. The van der Waals surface area contributed by atoms with Crippen molar-refractivity contribution in [2.75, 3.05) is 25.1 Å². The lowest BCUT2D eigenvalue weighted by molar-refractivity contribution is -0.153. The maximum atomic E-state index is 13.7. The van der Waals surface area contributed by atoms with Gasteiger partial charge in [0.2, 0.25) is 11.8 Å². The second-order valence-electron chi connectivity index (χ2n) is 8.67. The molecule has 3 heterocycles. The average molecular weight is 447 g/mol. The van der Waals surface area contributed by atoms with Gasteiger partial charge >= 0.3 is 5.97 Å². The van der Waals surface area contributed by atoms with E-state index < -0.39 is 22.6 Å². The van der Waals surface area contributed by atoms with Crippen LogP contribution in [-0.4, -0.2) is 63.6 Å². The number of carbonyl (C=O) groups excluding carboxylic acids is 3. The van der Waals surface area contributed by atoms with Crippen LogP contribution in [0.2, 0.25) is 0 Å². The summed E-state index contributed by atoms with van der Waals surface area (Å²) in [7, 11) is 0. The fourth-order valence-electron chi connectivity index (χ4n) is 5.64. The van der Waals surface area contributed by atoms with E-state index in [0.29, 0.717) is 13.0 Å². The molecule has 0 saturated carbocycles. The van der Waals surface area contributed by atoms with E-state index in [0.717, 1.165) is 29.7 Å². The van der Waals surface area contributed by atoms with Crippen LogP contribution >= 0.6 is 11.8 Å².